The Hall–Kier alpha value is -2.22. The average Bonchev–Trinajstić information content (AvgIpc) is 2.56. The molecule has 0 radical (unpaired) electrons. The van der Waals surface area contributed by atoms with Gasteiger partial charge in [0, 0.05) is 18.0 Å². The molecular weight excluding hydrogens is 326 g/mol. The maximum absolute atomic E-state index is 12.3. The van der Waals surface area contributed by atoms with E-state index in [1.54, 1.807) is 13.8 Å². The smallest absolute Gasteiger partial charge is 0.366 e. The van der Waals surface area contributed by atoms with E-state index in [0.717, 1.165) is 17.2 Å². The first-order valence-electron chi connectivity index (χ1n) is 7.96. The van der Waals surface area contributed by atoms with Gasteiger partial charge in [-0.3, -0.25) is 4.89 Å². The Morgan fingerprint density at radius 1 is 1.32 bits per heavy atom. The molecule has 7 nitrogen and oxygen atoms in total. The van der Waals surface area contributed by atoms with Crippen molar-refractivity contribution in [3.63, 3.8) is 0 Å². The molecule has 0 spiro atoms. The van der Waals surface area contributed by atoms with E-state index in [4.69, 9.17) is 4.84 Å². The summed E-state index contributed by atoms with van der Waals surface area (Å²) >= 11 is 0. The number of benzene rings is 1. The summed E-state index contributed by atoms with van der Waals surface area (Å²) in [5.74, 6) is -2.25. The number of carbonyl (C=O) groups excluding carboxylic acids is 2. The molecule has 0 aliphatic rings. The third-order valence-electron chi connectivity index (χ3n) is 3.29. The molecule has 138 valence electrons. The molecule has 0 heterocycles. The monoisotopic (exact) mass is 351 g/mol. The lowest BCUT2D eigenvalue weighted by Gasteiger charge is -2.18. The minimum Gasteiger partial charge on any atom is -0.396 e. The molecule has 0 aliphatic carbocycles. The lowest BCUT2D eigenvalue weighted by molar-refractivity contribution is -0.249. The summed E-state index contributed by atoms with van der Waals surface area (Å²) < 4.78 is 0. The first-order chi connectivity index (χ1) is 11.9. The molecule has 1 atom stereocenters. The summed E-state index contributed by atoms with van der Waals surface area (Å²) in [4.78, 5) is 37.7. The highest BCUT2D eigenvalue weighted by molar-refractivity contribution is 5.96. The van der Waals surface area contributed by atoms with E-state index in [0.29, 0.717) is 6.42 Å². The van der Waals surface area contributed by atoms with Crippen molar-refractivity contribution in [2.45, 2.75) is 33.2 Å². The van der Waals surface area contributed by atoms with Crippen LogP contribution in [0.1, 0.15) is 25.0 Å². The second-order valence-electron chi connectivity index (χ2n) is 5.90. The second kappa shape index (κ2) is 10.6. The Morgan fingerprint density at radius 3 is 2.60 bits per heavy atom. The summed E-state index contributed by atoms with van der Waals surface area (Å²) in [6.07, 6.45) is 1.34. The predicted molar refractivity (Wildman–Crippen MR) is 91.0 cm³/mol. The van der Waals surface area contributed by atoms with Crippen molar-refractivity contribution >= 4 is 11.9 Å². The topological polar surface area (TPSA) is 94.1 Å². The average molecular weight is 351 g/mol. The Bertz CT molecular complexity index is 611. The van der Waals surface area contributed by atoms with Crippen LogP contribution in [0.25, 0.3) is 0 Å². The predicted octanol–water partition coefficient (Wildman–Crippen LogP) is 1.63. The van der Waals surface area contributed by atoms with E-state index in [-0.39, 0.29) is 18.2 Å². The van der Waals surface area contributed by atoms with Gasteiger partial charge in [-0.2, -0.15) is 10.4 Å². The highest BCUT2D eigenvalue weighted by Crippen LogP contribution is 2.19. The second-order valence-corrected chi connectivity index (χ2v) is 5.90. The van der Waals surface area contributed by atoms with Crippen LogP contribution in [0.15, 0.2) is 35.9 Å². The Kier molecular flexibility index (Phi) is 8.83. The van der Waals surface area contributed by atoms with E-state index in [1.807, 2.05) is 31.2 Å². The van der Waals surface area contributed by atoms with Crippen LogP contribution in [0.3, 0.4) is 0 Å². The fourth-order valence-electron chi connectivity index (χ4n) is 2.20. The number of aliphatic hydroxyl groups is 1. The van der Waals surface area contributed by atoms with Gasteiger partial charge in [0.1, 0.15) is 0 Å². The molecule has 0 saturated heterocycles. The van der Waals surface area contributed by atoms with Gasteiger partial charge in [-0.1, -0.05) is 29.8 Å². The zero-order valence-electron chi connectivity index (χ0n) is 14.9. The van der Waals surface area contributed by atoms with E-state index in [1.165, 1.54) is 7.11 Å². The molecule has 0 aliphatic heterocycles. The zero-order valence-corrected chi connectivity index (χ0v) is 14.9. The number of hydrogen-bond acceptors (Lipinski definition) is 7. The number of aliphatic hydroxyl groups excluding tert-OH is 1. The van der Waals surface area contributed by atoms with Gasteiger partial charge in [-0.25, -0.2) is 9.59 Å². The Balaban J connectivity index is 3.04. The highest BCUT2D eigenvalue weighted by atomic mass is 17.2. The number of nitrogens with one attached hydrogen (secondary N) is 1. The third-order valence-corrected chi connectivity index (χ3v) is 3.29. The summed E-state index contributed by atoms with van der Waals surface area (Å²) in [6, 6.07) is 7.58. The third kappa shape index (κ3) is 7.47. The normalized spacial score (nSPS) is 12.8. The molecule has 7 heteroatoms. The fourth-order valence-corrected chi connectivity index (χ4v) is 2.20. The molecule has 2 N–H and O–H groups in total. The molecule has 25 heavy (non-hydrogen) atoms. The summed E-state index contributed by atoms with van der Waals surface area (Å²) in [6.45, 7) is 5.21. The molecule has 1 unspecified atom stereocenters. The van der Waals surface area contributed by atoms with Crippen molar-refractivity contribution in [2.24, 2.45) is 5.92 Å². The molecule has 1 rings (SSSR count). The van der Waals surface area contributed by atoms with Crippen molar-refractivity contribution < 1.29 is 29.3 Å². The maximum Gasteiger partial charge on any atom is 0.366 e. The van der Waals surface area contributed by atoms with Crippen LogP contribution in [0.2, 0.25) is 0 Å². The van der Waals surface area contributed by atoms with Crippen LogP contribution < -0.4 is 5.48 Å². The van der Waals surface area contributed by atoms with Gasteiger partial charge in [0.25, 0.3) is 0 Å². The molecular formula is C18H25NO6. The molecule has 0 saturated carbocycles. The summed E-state index contributed by atoms with van der Waals surface area (Å²) in [7, 11) is 1.18. The number of carbonyl (C=O) groups is 2. The van der Waals surface area contributed by atoms with Gasteiger partial charge in [0.05, 0.1) is 19.3 Å². The van der Waals surface area contributed by atoms with Crippen LogP contribution in [0, 0.1) is 12.8 Å². The standard InChI is InChI=1S/C18H25NO6/c1-12(2)19-24-18(22)16(10-17(21)25-23-4)15(11-20)9-14-7-5-6-13(3)8-14/h5-8,10,12,15,19-20H,9,11H2,1-4H3/b16-10-. The van der Waals surface area contributed by atoms with Crippen molar-refractivity contribution in [1.82, 2.24) is 5.48 Å². The molecule has 0 amide bonds. The summed E-state index contributed by atoms with van der Waals surface area (Å²) in [5, 5.41) is 9.74. The van der Waals surface area contributed by atoms with E-state index >= 15 is 0 Å². The van der Waals surface area contributed by atoms with Crippen molar-refractivity contribution in [1.29, 1.82) is 0 Å². The van der Waals surface area contributed by atoms with Crippen LogP contribution in [0.4, 0.5) is 0 Å². The van der Waals surface area contributed by atoms with Gasteiger partial charge in [0.15, 0.2) is 0 Å². The van der Waals surface area contributed by atoms with Gasteiger partial charge >= 0.3 is 11.9 Å². The first kappa shape index (κ1) is 20.8. The van der Waals surface area contributed by atoms with Crippen molar-refractivity contribution in [3.8, 4) is 0 Å². The van der Waals surface area contributed by atoms with Crippen LogP contribution in [0.5, 0.6) is 0 Å². The SMILES string of the molecule is COOC(=O)/C=C(\C(=O)ONC(C)C)C(CO)Cc1cccc(C)c1. The lowest BCUT2D eigenvalue weighted by atomic mass is 9.91. The van der Waals surface area contributed by atoms with Gasteiger partial charge < -0.3 is 9.94 Å². The van der Waals surface area contributed by atoms with Crippen LogP contribution in [-0.4, -0.2) is 36.8 Å². The van der Waals surface area contributed by atoms with Gasteiger partial charge in [-0.05, 0) is 32.8 Å². The van der Waals surface area contributed by atoms with Crippen molar-refractivity contribution in [3.05, 3.63) is 47.0 Å². The minimum absolute atomic E-state index is 0.000735. The van der Waals surface area contributed by atoms with Crippen LogP contribution >= 0.6 is 0 Å². The molecule has 0 aromatic heterocycles. The van der Waals surface area contributed by atoms with Crippen LogP contribution in [-0.2, 0) is 30.6 Å². The molecule has 1 aromatic rings. The number of hydroxylamine groups is 1. The van der Waals surface area contributed by atoms with Gasteiger partial charge in [0.2, 0.25) is 0 Å². The molecule has 1 aromatic carbocycles. The highest BCUT2D eigenvalue weighted by Gasteiger charge is 2.25. The molecule has 0 fully saturated rings. The number of rotatable bonds is 9. The van der Waals surface area contributed by atoms with E-state index < -0.39 is 17.9 Å². The lowest BCUT2D eigenvalue weighted by Crippen LogP contribution is -2.30. The molecule has 0 bridgehead atoms. The number of hydrogen-bond donors (Lipinski definition) is 2. The zero-order chi connectivity index (χ0) is 18.8. The Labute approximate surface area is 147 Å². The first-order valence-corrected chi connectivity index (χ1v) is 7.96. The van der Waals surface area contributed by atoms with E-state index in [2.05, 4.69) is 15.3 Å². The summed E-state index contributed by atoms with van der Waals surface area (Å²) in [5.41, 5.74) is 4.51. The fraction of sp³-hybridized carbons (Fsp3) is 0.444. The maximum atomic E-state index is 12.3. The van der Waals surface area contributed by atoms with E-state index in [9.17, 15) is 14.7 Å². The van der Waals surface area contributed by atoms with Crippen molar-refractivity contribution in [2.75, 3.05) is 13.7 Å². The quantitative estimate of drug-likeness (QED) is 0.397. The minimum atomic E-state index is -0.860. The largest absolute Gasteiger partial charge is 0.396 e. The van der Waals surface area contributed by atoms with Gasteiger partial charge in [-0.15, -0.1) is 0 Å². The number of aryl methyl sites for hydroxylation is 1. The Morgan fingerprint density at radius 2 is 2.04 bits per heavy atom.